The van der Waals surface area contributed by atoms with E-state index < -0.39 is 5.97 Å². The maximum absolute atomic E-state index is 12.2. The van der Waals surface area contributed by atoms with Crippen molar-refractivity contribution in [2.24, 2.45) is 0 Å². The number of hydrogen-bond donors (Lipinski definition) is 2. The summed E-state index contributed by atoms with van der Waals surface area (Å²) in [6.07, 6.45) is 9.00. The number of para-hydroxylation sites is 1. The molecular weight excluding hydrogens is 496 g/mol. The zero-order chi connectivity index (χ0) is 27.3. The molecule has 0 saturated carbocycles. The summed E-state index contributed by atoms with van der Waals surface area (Å²) in [7, 11) is 0. The van der Waals surface area contributed by atoms with Crippen LogP contribution in [-0.2, 0) is 6.42 Å². The van der Waals surface area contributed by atoms with Crippen LogP contribution in [0.25, 0.3) is 45.0 Å². The summed E-state index contributed by atoms with van der Waals surface area (Å²) < 4.78 is 6.12. The van der Waals surface area contributed by atoms with Gasteiger partial charge in [0.2, 0.25) is 0 Å². The van der Waals surface area contributed by atoms with E-state index in [1.54, 1.807) is 6.20 Å². The molecule has 4 aromatic carbocycles. The van der Waals surface area contributed by atoms with Crippen molar-refractivity contribution in [2.75, 3.05) is 6.61 Å². The number of aromatic nitrogens is 2. The highest BCUT2D eigenvalue weighted by molar-refractivity contribution is 6.01. The Bertz CT molecular complexity index is 1830. The zero-order valence-electron chi connectivity index (χ0n) is 21.9. The van der Waals surface area contributed by atoms with E-state index >= 15 is 0 Å². The van der Waals surface area contributed by atoms with Gasteiger partial charge in [-0.2, -0.15) is 0 Å². The molecule has 0 fully saturated rings. The highest BCUT2D eigenvalue weighted by Gasteiger charge is 2.18. The first-order valence-corrected chi connectivity index (χ1v) is 13.3. The molecule has 0 bridgehead atoms. The van der Waals surface area contributed by atoms with Crippen molar-refractivity contribution in [3.63, 3.8) is 0 Å². The van der Waals surface area contributed by atoms with Crippen LogP contribution in [0.5, 0.6) is 5.75 Å². The molecule has 5 heteroatoms. The molecular formula is C35H28N2O3. The van der Waals surface area contributed by atoms with Crippen molar-refractivity contribution in [1.82, 2.24) is 9.97 Å². The van der Waals surface area contributed by atoms with Crippen molar-refractivity contribution in [3.8, 4) is 16.9 Å². The molecule has 0 unspecified atom stereocenters. The minimum atomic E-state index is -0.960. The van der Waals surface area contributed by atoms with Gasteiger partial charge >= 0.3 is 5.97 Å². The van der Waals surface area contributed by atoms with E-state index in [0.717, 1.165) is 55.2 Å². The van der Waals surface area contributed by atoms with Crippen molar-refractivity contribution in [2.45, 2.75) is 12.8 Å². The van der Waals surface area contributed by atoms with Gasteiger partial charge in [-0.25, -0.2) is 4.79 Å². The third-order valence-corrected chi connectivity index (χ3v) is 7.14. The van der Waals surface area contributed by atoms with Gasteiger partial charge in [-0.15, -0.1) is 0 Å². The number of H-pyrrole nitrogens is 1. The number of carbonyl (C=O) groups is 1. The molecule has 196 valence electrons. The highest BCUT2D eigenvalue weighted by Crippen LogP contribution is 2.30. The predicted molar refractivity (Wildman–Crippen MR) is 162 cm³/mol. The maximum atomic E-state index is 12.2. The van der Waals surface area contributed by atoms with Crippen LogP contribution in [0, 0.1) is 0 Å². The zero-order valence-corrected chi connectivity index (χ0v) is 21.9. The summed E-state index contributed by atoms with van der Waals surface area (Å²) in [5, 5.41) is 13.1. The molecule has 5 nitrogen and oxygen atoms in total. The Kier molecular flexibility index (Phi) is 7.10. The Morgan fingerprint density at radius 1 is 0.825 bits per heavy atom. The van der Waals surface area contributed by atoms with Crippen LogP contribution in [0.15, 0.2) is 109 Å². The third-order valence-electron chi connectivity index (χ3n) is 7.14. The van der Waals surface area contributed by atoms with E-state index in [9.17, 15) is 9.90 Å². The Morgan fingerprint density at radius 3 is 2.45 bits per heavy atom. The second-order valence-electron chi connectivity index (χ2n) is 9.65. The lowest BCUT2D eigenvalue weighted by Crippen LogP contribution is -2.04. The molecule has 6 aromatic rings. The van der Waals surface area contributed by atoms with Gasteiger partial charge in [0, 0.05) is 28.7 Å². The van der Waals surface area contributed by atoms with E-state index in [-0.39, 0.29) is 5.69 Å². The molecule has 0 radical (unpaired) electrons. The van der Waals surface area contributed by atoms with Crippen molar-refractivity contribution >= 4 is 39.8 Å². The third kappa shape index (κ3) is 5.09. The Morgan fingerprint density at radius 2 is 1.57 bits per heavy atom. The van der Waals surface area contributed by atoms with E-state index in [4.69, 9.17) is 4.74 Å². The lowest BCUT2D eigenvalue weighted by Gasteiger charge is -2.09. The van der Waals surface area contributed by atoms with Gasteiger partial charge in [0.25, 0.3) is 0 Å². The Hall–Kier alpha value is -5.16. The van der Waals surface area contributed by atoms with Gasteiger partial charge < -0.3 is 14.8 Å². The van der Waals surface area contributed by atoms with Gasteiger partial charge in [0.05, 0.1) is 12.1 Å². The fraction of sp³-hybridized carbons (Fsp3) is 0.0857. The maximum Gasteiger partial charge on any atom is 0.352 e. The normalized spacial score (nSPS) is 11.4. The number of nitrogens with one attached hydrogen (secondary N) is 1. The standard InChI is InChI=1S/C35H28N2O3/c38-35(39)34-31(17-8-22-40-32-18-6-11-24-9-2-4-15-29(24)32)30-16-5-12-26(33(30)37-34)20-19-25-10-1-3-14-28(25)27-13-7-21-36-23-27/h1-7,9-16,18-21,23,37H,8,17,22H2,(H,38,39)/b20-19+. The summed E-state index contributed by atoms with van der Waals surface area (Å²) in [4.78, 5) is 19.7. The number of fused-ring (bicyclic) bond motifs is 2. The largest absolute Gasteiger partial charge is 0.493 e. The summed E-state index contributed by atoms with van der Waals surface area (Å²) in [6.45, 7) is 0.491. The monoisotopic (exact) mass is 524 g/mol. The minimum absolute atomic E-state index is 0.233. The topological polar surface area (TPSA) is 75.2 Å². The van der Waals surface area contributed by atoms with Crippen molar-refractivity contribution in [1.29, 1.82) is 0 Å². The number of benzene rings is 4. The molecule has 0 amide bonds. The quantitative estimate of drug-likeness (QED) is 0.147. The van der Waals surface area contributed by atoms with Crippen molar-refractivity contribution in [3.05, 3.63) is 132 Å². The molecule has 2 heterocycles. The van der Waals surface area contributed by atoms with E-state index in [1.165, 1.54) is 0 Å². The molecule has 40 heavy (non-hydrogen) atoms. The number of aryl methyl sites for hydroxylation is 1. The van der Waals surface area contributed by atoms with Gasteiger partial charge in [0.1, 0.15) is 11.4 Å². The number of aromatic amines is 1. The SMILES string of the molecule is O=C(O)c1[nH]c2c(/C=C/c3ccccc3-c3cccnc3)cccc2c1CCCOc1cccc2ccccc12. The lowest BCUT2D eigenvalue weighted by atomic mass is 9.99. The first-order chi connectivity index (χ1) is 19.7. The van der Waals surface area contributed by atoms with Crippen LogP contribution in [0.1, 0.15) is 33.6 Å². The first kappa shape index (κ1) is 25.1. The molecule has 2 N–H and O–H groups in total. The van der Waals surface area contributed by atoms with Crippen LogP contribution in [0.4, 0.5) is 0 Å². The number of nitrogens with zero attached hydrogens (tertiary/aromatic N) is 1. The fourth-order valence-electron chi connectivity index (χ4n) is 5.24. The van der Waals surface area contributed by atoms with Gasteiger partial charge in [-0.3, -0.25) is 4.98 Å². The second kappa shape index (κ2) is 11.3. The highest BCUT2D eigenvalue weighted by atomic mass is 16.5. The number of carboxylic acids is 1. The molecule has 0 aliphatic rings. The molecule has 0 spiro atoms. The first-order valence-electron chi connectivity index (χ1n) is 13.3. The molecule has 0 saturated heterocycles. The lowest BCUT2D eigenvalue weighted by molar-refractivity contribution is 0.0690. The summed E-state index contributed by atoms with van der Waals surface area (Å²) >= 11 is 0. The average Bonchev–Trinajstić information content (AvgIpc) is 3.38. The van der Waals surface area contributed by atoms with Crippen molar-refractivity contribution < 1.29 is 14.6 Å². The van der Waals surface area contributed by atoms with Crippen LogP contribution >= 0.6 is 0 Å². The number of rotatable bonds is 9. The van der Waals surface area contributed by atoms with Crippen LogP contribution in [0.3, 0.4) is 0 Å². The molecule has 0 aliphatic heterocycles. The van der Waals surface area contributed by atoms with E-state index in [0.29, 0.717) is 19.4 Å². The fourth-order valence-corrected chi connectivity index (χ4v) is 5.24. The van der Waals surface area contributed by atoms with E-state index in [1.807, 2.05) is 79.0 Å². The van der Waals surface area contributed by atoms with E-state index in [2.05, 4.69) is 46.4 Å². The second-order valence-corrected chi connectivity index (χ2v) is 9.65. The average molecular weight is 525 g/mol. The van der Waals surface area contributed by atoms with Crippen LogP contribution < -0.4 is 4.74 Å². The molecule has 0 atom stereocenters. The summed E-state index contributed by atoms with van der Waals surface area (Å²) in [5.74, 6) is -0.118. The number of aromatic carboxylic acids is 1. The van der Waals surface area contributed by atoms with Crippen LogP contribution in [-0.4, -0.2) is 27.7 Å². The minimum Gasteiger partial charge on any atom is -0.493 e. The molecule has 2 aromatic heterocycles. The molecule has 0 aliphatic carbocycles. The molecule has 6 rings (SSSR count). The van der Waals surface area contributed by atoms with Crippen LogP contribution in [0.2, 0.25) is 0 Å². The summed E-state index contributed by atoms with van der Waals surface area (Å²) in [5.41, 5.74) is 5.97. The van der Waals surface area contributed by atoms with Gasteiger partial charge in [-0.05, 0) is 52.6 Å². The number of hydrogen-bond acceptors (Lipinski definition) is 3. The Labute approximate surface area is 232 Å². The number of carboxylic acid groups (broad SMARTS) is 1. The smallest absolute Gasteiger partial charge is 0.352 e. The Balaban J connectivity index is 1.25. The predicted octanol–water partition coefficient (Wildman–Crippen LogP) is 8.26. The summed E-state index contributed by atoms with van der Waals surface area (Å²) in [6, 6.07) is 32.3. The van der Waals surface area contributed by atoms with Gasteiger partial charge in [-0.1, -0.05) is 97.1 Å². The van der Waals surface area contributed by atoms with Gasteiger partial charge in [0.15, 0.2) is 0 Å². The number of ether oxygens (including phenoxy) is 1. The number of pyridine rings is 1.